The maximum atomic E-state index is 10.9. The van der Waals surface area contributed by atoms with E-state index in [4.69, 9.17) is 9.84 Å². The predicted octanol–water partition coefficient (Wildman–Crippen LogP) is 4.67. The molecule has 0 radical (unpaired) electrons. The Labute approximate surface area is 116 Å². The van der Waals surface area contributed by atoms with Gasteiger partial charge in [-0.3, -0.25) is 0 Å². The number of aromatic carboxylic acids is 1. The van der Waals surface area contributed by atoms with Gasteiger partial charge in [-0.15, -0.1) is 0 Å². The molecule has 1 aromatic carbocycles. The third-order valence-corrected chi connectivity index (χ3v) is 3.74. The normalized spacial score (nSPS) is 10.7. The monoisotopic (exact) mass is 276 g/mol. The summed E-state index contributed by atoms with van der Waals surface area (Å²) in [6, 6.07) is 9.35. The molecule has 0 aliphatic heterocycles. The van der Waals surface area contributed by atoms with E-state index >= 15 is 0 Å². The molecule has 1 aromatic heterocycles. The van der Waals surface area contributed by atoms with Crippen molar-refractivity contribution < 1.29 is 14.6 Å². The van der Waals surface area contributed by atoms with Gasteiger partial charge in [-0.2, -0.15) is 0 Å². The van der Waals surface area contributed by atoms with Gasteiger partial charge in [-0.25, -0.2) is 4.79 Å². The molecule has 4 heteroatoms. The van der Waals surface area contributed by atoms with Crippen LogP contribution in [0.1, 0.15) is 40.6 Å². The minimum atomic E-state index is -0.923. The first kappa shape index (κ1) is 13.6. The van der Waals surface area contributed by atoms with Crippen LogP contribution in [0.15, 0.2) is 30.3 Å². The Hall–Kier alpha value is -1.81. The van der Waals surface area contributed by atoms with Crippen LogP contribution in [0.3, 0.4) is 0 Å². The highest BCUT2D eigenvalue weighted by Gasteiger charge is 2.12. The van der Waals surface area contributed by atoms with Crippen LogP contribution in [0.25, 0.3) is 0 Å². The number of benzene rings is 1. The Bertz CT molecular complexity index is 599. The minimum Gasteiger partial charge on any atom is -0.477 e. The molecule has 0 bridgehead atoms. The lowest BCUT2D eigenvalue weighted by Gasteiger charge is -2.13. The van der Waals surface area contributed by atoms with Crippen molar-refractivity contribution in [2.45, 2.75) is 26.7 Å². The maximum Gasteiger partial charge on any atom is 0.345 e. The number of hydrogen-bond acceptors (Lipinski definition) is 3. The van der Waals surface area contributed by atoms with Gasteiger partial charge >= 0.3 is 5.97 Å². The zero-order valence-corrected chi connectivity index (χ0v) is 12.0. The van der Waals surface area contributed by atoms with Crippen molar-refractivity contribution in [3.05, 3.63) is 46.3 Å². The van der Waals surface area contributed by atoms with E-state index in [1.165, 1.54) is 0 Å². The quantitative estimate of drug-likeness (QED) is 0.882. The zero-order valence-electron chi connectivity index (χ0n) is 11.1. The lowest BCUT2D eigenvalue weighted by Crippen LogP contribution is -1.93. The summed E-state index contributed by atoms with van der Waals surface area (Å²) < 4.78 is 5.84. The summed E-state index contributed by atoms with van der Waals surface area (Å²) in [5, 5.41) is 9.51. The van der Waals surface area contributed by atoms with Crippen LogP contribution < -0.4 is 4.74 Å². The zero-order chi connectivity index (χ0) is 14.0. The van der Waals surface area contributed by atoms with Crippen LogP contribution in [0.2, 0.25) is 0 Å². The summed E-state index contributed by atoms with van der Waals surface area (Å²) in [4.78, 5) is 11.1. The Morgan fingerprint density at radius 1 is 1.26 bits per heavy atom. The molecular formula is C15H16O3S. The van der Waals surface area contributed by atoms with Crippen LogP contribution in [-0.4, -0.2) is 11.1 Å². The lowest BCUT2D eigenvalue weighted by molar-refractivity contribution is 0.0702. The van der Waals surface area contributed by atoms with Gasteiger partial charge in [0.2, 0.25) is 0 Å². The van der Waals surface area contributed by atoms with Crippen LogP contribution in [0.4, 0.5) is 0 Å². The summed E-state index contributed by atoms with van der Waals surface area (Å²) >= 11 is 1.14. The first-order chi connectivity index (χ1) is 8.97. The van der Waals surface area contributed by atoms with E-state index in [0.29, 0.717) is 11.0 Å². The first-order valence-corrected chi connectivity index (χ1v) is 6.90. The number of thiophene rings is 1. The van der Waals surface area contributed by atoms with E-state index in [1.54, 1.807) is 12.1 Å². The smallest absolute Gasteiger partial charge is 0.345 e. The molecule has 0 atom stereocenters. The standard InChI is InChI=1S/C15H16O3S/c1-9(2)11-5-4-10(3)8-12(11)18-14-7-6-13(19-14)15(16)17/h4-9H,1-3H3,(H,16,17). The summed E-state index contributed by atoms with van der Waals surface area (Å²) in [5.41, 5.74) is 2.24. The second-order valence-corrected chi connectivity index (χ2v) is 5.77. The van der Waals surface area contributed by atoms with Gasteiger partial charge in [0.05, 0.1) is 0 Å². The van der Waals surface area contributed by atoms with Crippen LogP contribution >= 0.6 is 11.3 Å². The van der Waals surface area contributed by atoms with Gasteiger partial charge in [0, 0.05) is 0 Å². The van der Waals surface area contributed by atoms with Gasteiger partial charge < -0.3 is 9.84 Å². The molecule has 0 aliphatic rings. The largest absolute Gasteiger partial charge is 0.477 e. The van der Waals surface area contributed by atoms with E-state index in [9.17, 15) is 4.79 Å². The van der Waals surface area contributed by atoms with Crippen molar-refractivity contribution >= 4 is 17.3 Å². The molecule has 0 aliphatic carbocycles. The highest BCUT2D eigenvalue weighted by atomic mass is 32.1. The molecule has 2 rings (SSSR count). The van der Waals surface area contributed by atoms with Gasteiger partial charge in [0.1, 0.15) is 10.6 Å². The summed E-state index contributed by atoms with van der Waals surface area (Å²) in [5.74, 6) is 0.233. The molecule has 2 aromatic rings. The number of ether oxygens (including phenoxy) is 1. The van der Waals surface area contributed by atoms with Gasteiger partial charge in [0.25, 0.3) is 0 Å². The maximum absolute atomic E-state index is 10.9. The SMILES string of the molecule is Cc1ccc(C(C)C)c(Oc2ccc(C(=O)O)s2)c1. The summed E-state index contributed by atoms with van der Waals surface area (Å²) in [7, 11) is 0. The van der Waals surface area contributed by atoms with E-state index in [2.05, 4.69) is 26.0 Å². The molecular weight excluding hydrogens is 260 g/mol. The van der Waals surface area contributed by atoms with Gasteiger partial charge in [-0.05, 0) is 42.2 Å². The van der Waals surface area contributed by atoms with Crippen molar-refractivity contribution in [1.82, 2.24) is 0 Å². The average molecular weight is 276 g/mol. The van der Waals surface area contributed by atoms with E-state index in [1.807, 2.05) is 13.0 Å². The molecule has 1 N–H and O–H groups in total. The summed E-state index contributed by atoms with van der Waals surface area (Å²) in [6.45, 7) is 6.22. The Morgan fingerprint density at radius 3 is 2.58 bits per heavy atom. The molecule has 0 unspecified atom stereocenters. The van der Waals surface area contributed by atoms with Crippen LogP contribution in [-0.2, 0) is 0 Å². The number of aryl methyl sites for hydroxylation is 1. The van der Waals surface area contributed by atoms with E-state index in [-0.39, 0.29) is 4.88 Å². The molecule has 100 valence electrons. The number of carbonyl (C=O) groups is 1. The third-order valence-electron chi connectivity index (χ3n) is 2.79. The Kier molecular flexibility index (Phi) is 3.90. The lowest BCUT2D eigenvalue weighted by atomic mass is 10.0. The number of rotatable bonds is 4. The molecule has 0 saturated heterocycles. The fraction of sp³-hybridized carbons (Fsp3) is 0.267. The average Bonchev–Trinajstić information content (AvgIpc) is 2.77. The topological polar surface area (TPSA) is 46.5 Å². The highest BCUT2D eigenvalue weighted by Crippen LogP contribution is 2.34. The molecule has 0 amide bonds. The predicted molar refractivity (Wildman–Crippen MR) is 76.6 cm³/mol. The van der Waals surface area contributed by atoms with Crippen molar-refractivity contribution in [2.75, 3.05) is 0 Å². The number of carboxylic acids is 1. The Morgan fingerprint density at radius 2 is 2.00 bits per heavy atom. The first-order valence-electron chi connectivity index (χ1n) is 6.09. The highest BCUT2D eigenvalue weighted by molar-refractivity contribution is 7.15. The van der Waals surface area contributed by atoms with E-state index < -0.39 is 5.97 Å². The van der Waals surface area contributed by atoms with Crippen molar-refractivity contribution in [3.8, 4) is 10.8 Å². The fourth-order valence-corrected chi connectivity index (χ4v) is 2.51. The number of hydrogen-bond donors (Lipinski definition) is 1. The molecule has 0 fully saturated rings. The fourth-order valence-electron chi connectivity index (χ4n) is 1.81. The second kappa shape index (κ2) is 5.45. The Balaban J connectivity index is 2.31. The molecule has 0 spiro atoms. The van der Waals surface area contributed by atoms with Gasteiger partial charge in [-0.1, -0.05) is 37.3 Å². The van der Waals surface area contributed by atoms with Crippen molar-refractivity contribution in [2.24, 2.45) is 0 Å². The molecule has 0 saturated carbocycles. The molecule has 1 heterocycles. The minimum absolute atomic E-state index is 0.286. The third kappa shape index (κ3) is 3.15. The molecule has 3 nitrogen and oxygen atoms in total. The number of carboxylic acid groups (broad SMARTS) is 1. The van der Waals surface area contributed by atoms with Crippen molar-refractivity contribution in [1.29, 1.82) is 0 Å². The van der Waals surface area contributed by atoms with Crippen molar-refractivity contribution in [3.63, 3.8) is 0 Å². The van der Waals surface area contributed by atoms with Crippen LogP contribution in [0.5, 0.6) is 10.8 Å². The molecule has 19 heavy (non-hydrogen) atoms. The van der Waals surface area contributed by atoms with Crippen LogP contribution in [0, 0.1) is 6.92 Å². The van der Waals surface area contributed by atoms with E-state index in [0.717, 1.165) is 28.2 Å². The summed E-state index contributed by atoms with van der Waals surface area (Å²) in [6.07, 6.45) is 0. The second-order valence-electron chi connectivity index (χ2n) is 4.72. The van der Waals surface area contributed by atoms with Gasteiger partial charge in [0.15, 0.2) is 5.06 Å².